The zero-order valence-corrected chi connectivity index (χ0v) is 19.3. The topological polar surface area (TPSA) is 92.9 Å². The van der Waals surface area contributed by atoms with Crippen molar-refractivity contribution < 1.29 is 4.79 Å². The number of nitrogen functional groups attached to an aromatic ring is 1. The average molecular weight is 499 g/mol. The molecule has 6 nitrogen and oxygen atoms in total. The summed E-state index contributed by atoms with van der Waals surface area (Å²) in [6, 6.07) is 11.9. The Bertz CT molecular complexity index is 1090. The summed E-state index contributed by atoms with van der Waals surface area (Å²) in [7, 11) is 0. The lowest BCUT2D eigenvalue weighted by atomic mass is 10.1. The van der Waals surface area contributed by atoms with E-state index in [1.54, 1.807) is 36.4 Å². The molecule has 3 aromatic rings. The van der Waals surface area contributed by atoms with Gasteiger partial charge in [-0.3, -0.25) is 4.79 Å². The SMILES string of the molecule is Nc1nc(NCCCCNC(=O)c2ccc(Cl)c(Cl)c2)cc(-c2cccc(Cl)c2Cl)n1. The Kier molecular flexibility index (Phi) is 8.21. The van der Waals surface area contributed by atoms with E-state index in [9.17, 15) is 4.79 Å². The van der Waals surface area contributed by atoms with E-state index in [1.165, 1.54) is 0 Å². The van der Waals surface area contributed by atoms with E-state index in [-0.39, 0.29) is 11.9 Å². The molecule has 1 heterocycles. The number of nitrogens with two attached hydrogens (primary N) is 1. The normalized spacial score (nSPS) is 10.7. The van der Waals surface area contributed by atoms with Gasteiger partial charge < -0.3 is 16.4 Å². The first kappa shape index (κ1) is 23.4. The van der Waals surface area contributed by atoms with E-state index < -0.39 is 0 Å². The number of anilines is 2. The monoisotopic (exact) mass is 497 g/mol. The molecule has 0 atom stereocenters. The lowest BCUT2D eigenvalue weighted by Gasteiger charge is -2.10. The van der Waals surface area contributed by atoms with Crippen LogP contribution in [0.25, 0.3) is 11.3 Å². The van der Waals surface area contributed by atoms with Crippen LogP contribution < -0.4 is 16.4 Å². The molecule has 0 fully saturated rings. The predicted molar refractivity (Wildman–Crippen MR) is 128 cm³/mol. The van der Waals surface area contributed by atoms with Gasteiger partial charge >= 0.3 is 0 Å². The summed E-state index contributed by atoms with van der Waals surface area (Å²) in [5.41, 5.74) is 7.57. The highest BCUT2D eigenvalue weighted by Crippen LogP contribution is 2.33. The average Bonchev–Trinajstić information content (AvgIpc) is 2.74. The lowest BCUT2D eigenvalue weighted by molar-refractivity contribution is 0.0953. The fourth-order valence-corrected chi connectivity index (χ4v) is 3.50. The standard InChI is InChI=1S/C21H19Cl4N5O/c22-14-7-6-12(10-16(14)24)20(31)28-9-2-1-8-27-18-11-17(29-21(26)30-18)13-4-3-5-15(23)19(13)25/h3-7,10-11H,1-2,8-9H2,(H,28,31)(H3,26,27,29,30). The number of aromatic nitrogens is 2. The maximum Gasteiger partial charge on any atom is 0.251 e. The summed E-state index contributed by atoms with van der Waals surface area (Å²) in [6.07, 6.45) is 1.58. The van der Waals surface area contributed by atoms with Crippen molar-refractivity contribution in [3.05, 3.63) is 68.1 Å². The van der Waals surface area contributed by atoms with Gasteiger partial charge in [0.1, 0.15) is 5.82 Å². The van der Waals surface area contributed by atoms with Gasteiger partial charge in [-0.25, -0.2) is 4.98 Å². The second-order valence-corrected chi connectivity index (χ2v) is 8.22. The second kappa shape index (κ2) is 10.9. The molecule has 0 unspecified atom stereocenters. The number of halogens is 4. The lowest BCUT2D eigenvalue weighted by Crippen LogP contribution is -2.24. The molecule has 0 bridgehead atoms. The third-order valence-corrected chi connectivity index (χ3v) is 5.91. The van der Waals surface area contributed by atoms with Gasteiger partial charge in [-0.2, -0.15) is 4.98 Å². The Morgan fingerprint density at radius 2 is 1.68 bits per heavy atom. The molecule has 0 radical (unpaired) electrons. The highest BCUT2D eigenvalue weighted by molar-refractivity contribution is 6.43. The Balaban J connectivity index is 1.48. The minimum Gasteiger partial charge on any atom is -0.370 e. The number of carbonyl (C=O) groups excluding carboxylic acids is 1. The molecular weight excluding hydrogens is 480 g/mol. The van der Waals surface area contributed by atoms with Crippen LogP contribution in [0.4, 0.5) is 11.8 Å². The van der Waals surface area contributed by atoms with Crippen LogP contribution in [-0.2, 0) is 0 Å². The van der Waals surface area contributed by atoms with Crippen LogP contribution in [0.1, 0.15) is 23.2 Å². The van der Waals surface area contributed by atoms with Gasteiger partial charge in [0, 0.05) is 30.3 Å². The molecule has 2 aromatic carbocycles. The molecule has 3 rings (SSSR count). The minimum absolute atomic E-state index is 0.130. The first-order chi connectivity index (χ1) is 14.8. The molecule has 162 valence electrons. The van der Waals surface area contributed by atoms with Crippen molar-refractivity contribution >= 4 is 64.1 Å². The number of hydrogen-bond donors (Lipinski definition) is 3. The first-order valence-electron chi connectivity index (χ1n) is 9.41. The molecular formula is C21H19Cl4N5O. The van der Waals surface area contributed by atoms with Crippen LogP contribution in [0.3, 0.4) is 0 Å². The smallest absolute Gasteiger partial charge is 0.251 e. The molecule has 0 saturated carbocycles. The molecule has 10 heteroatoms. The van der Waals surface area contributed by atoms with Gasteiger partial charge in [0.2, 0.25) is 5.95 Å². The number of nitrogens with one attached hydrogen (secondary N) is 2. The van der Waals surface area contributed by atoms with E-state index in [1.807, 2.05) is 6.07 Å². The number of unbranched alkanes of at least 4 members (excludes halogenated alkanes) is 1. The number of carbonyl (C=O) groups is 1. The van der Waals surface area contributed by atoms with Crippen LogP contribution in [0, 0.1) is 0 Å². The van der Waals surface area contributed by atoms with Crippen molar-refractivity contribution in [2.45, 2.75) is 12.8 Å². The third-order valence-electron chi connectivity index (χ3n) is 4.35. The summed E-state index contributed by atoms with van der Waals surface area (Å²) in [6.45, 7) is 1.16. The van der Waals surface area contributed by atoms with Gasteiger partial charge in [0.15, 0.2) is 0 Å². The number of hydrogen-bond acceptors (Lipinski definition) is 5. The van der Waals surface area contributed by atoms with Crippen molar-refractivity contribution in [2.75, 3.05) is 24.1 Å². The molecule has 0 aliphatic heterocycles. The summed E-state index contributed by atoms with van der Waals surface area (Å²) < 4.78 is 0. The highest BCUT2D eigenvalue weighted by atomic mass is 35.5. The minimum atomic E-state index is -0.196. The fourth-order valence-electron chi connectivity index (χ4n) is 2.80. The van der Waals surface area contributed by atoms with E-state index in [4.69, 9.17) is 52.1 Å². The van der Waals surface area contributed by atoms with E-state index >= 15 is 0 Å². The van der Waals surface area contributed by atoms with E-state index in [0.717, 1.165) is 12.8 Å². The summed E-state index contributed by atoms with van der Waals surface area (Å²) in [5, 5.41) is 7.67. The van der Waals surface area contributed by atoms with Crippen molar-refractivity contribution in [3.8, 4) is 11.3 Å². The van der Waals surface area contributed by atoms with E-state index in [0.29, 0.717) is 55.8 Å². The number of benzene rings is 2. The highest BCUT2D eigenvalue weighted by Gasteiger charge is 2.11. The van der Waals surface area contributed by atoms with Gasteiger partial charge in [-0.1, -0.05) is 58.5 Å². The van der Waals surface area contributed by atoms with Crippen LogP contribution >= 0.6 is 46.4 Å². The van der Waals surface area contributed by atoms with Crippen molar-refractivity contribution in [1.29, 1.82) is 0 Å². The summed E-state index contributed by atoms with van der Waals surface area (Å²) in [5.74, 6) is 0.515. The van der Waals surface area contributed by atoms with Crippen LogP contribution in [0.2, 0.25) is 20.1 Å². The predicted octanol–water partition coefficient (Wildman–Crippen LogP) is 5.96. The Morgan fingerprint density at radius 1 is 0.903 bits per heavy atom. The van der Waals surface area contributed by atoms with Crippen molar-refractivity contribution in [3.63, 3.8) is 0 Å². The van der Waals surface area contributed by atoms with Gasteiger partial charge in [0.25, 0.3) is 5.91 Å². The summed E-state index contributed by atoms with van der Waals surface area (Å²) >= 11 is 24.2. The zero-order chi connectivity index (χ0) is 22.4. The number of nitrogens with zero attached hydrogens (tertiary/aromatic N) is 2. The van der Waals surface area contributed by atoms with Gasteiger partial charge in [-0.15, -0.1) is 0 Å². The number of rotatable bonds is 8. The van der Waals surface area contributed by atoms with Gasteiger partial charge in [0.05, 0.1) is 25.8 Å². The first-order valence-corrected chi connectivity index (χ1v) is 10.9. The van der Waals surface area contributed by atoms with Crippen molar-refractivity contribution in [1.82, 2.24) is 15.3 Å². The van der Waals surface area contributed by atoms with Crippen LogP contribution in [-0.4, -0.2) is 29.0 Å². The zero-order valence-electron chi connectivity index (χ0n) is 16.3. The molecule has 1 aromatic heterocycles. The largest absolute Gasteiger partial charge is 0.370 e. The van der Waals surface area contributed by atoms with Crippen LogP contribution in [0.5, 0.6) is 0 Å². The molecule has 4 N–H and O–H groups in total. The third kappa shape index (κ3) is 6.37. The van der Waals surface area contributed by atoms with E-state index in [2.05, 4.69) is 20.6 Å². The second-order valence-electron chi connectivity index (χ2n) is 6.62. The number of amides is 1. The maximum atomic E-state index is 12.1. The maximum absolute atomic E-state index is 12.1. The molecule has 0 aliphatic carbocycles. The fraction of sp³-hybridized carbons (Fsp3) is 0.190. The molecule has 1 amide bonds. The Hall–Kier alpha value is -2.25. The summed E-state index contributed by atoms with van der Waals surface area (Å²) in [4.78, 5) is 20.6. The van der Waals surface area contributed by atoms with Crippen LogP contribution in [0.15, 0.2) is 42.5 Å². The molecule has 0 saturated heterocycles. The van der Waals surface area contributed by atoms with Crippen molar-refractivity contribution in [2.24, 2.45) is 0 Å². The molecule has 0 aliphatic rings. The van der Waals surface area contributed by atoms with Gasteiger partial charge in [-0.05, 0) is 37.1 Å². The Morgan fingerprint density at radius 3 is 2.45 bits per heavy atom. The Labute approximate surface area is 200 Å². The molecule has 31 heavy (non-hydrogen) atoms. The quantitative estimate of drug-likeness (QED) is 0.333. The molecule has 0 spiro atoms.